The van der Waals surface area contributed by atoms with Gasteiger partial charge in [-0.15, -0.1) is 0 Å². The van der Waals surface area contributed by atoms with Crippen LogP contribution in [0.5, 0.6) is 5.75 Å². The summed E-state index contributed by atoms with van der Waals surface area (Å²) in [5, 5.41) is 9.80. The second-order valence-electron chi connectivity index (χ2n) is 11.1. The van der Waals surface area contributed by atoms with Crippen LogP contribution in [0.2, 0.25) is 0 Å². The molecule has 0 spiro atoms. The summed E-state index contributed by atoms with van der Waals surface area (Å²) in [7, 11) is 0. The molecular formula is C34H34FN3O3. The third-order valence-electron chi connectivity index (χ3n) is 8.42. The van der Waals surface area contributed by atoms with Gasteiger partial charge >= 0.3 is 5.97 Å². The monoisotopic (exact) mass is 551 g/mol. The van der Waals surface area contributed by atoms with Crippen LogP contribution >= 0.6 is 0 Å². The van der Waals surface area contributed by atoms with E-state index in [0.29, 0.717) is 35.8 Å². The van der Waals surface area contributed by atoms with Gasteiger partial charge in [-0.3, -0.25) is 9.69 Å². The quantitative estimate of drug-likeness (QED) is 0.294. The number of nitrogens with zero attached hydrogens (tertiary/aromatic N) is 2. The molecule has 0 bridgehead atoms. The molecule has 0 radical (unpaired) electrons. The van der Waals surface area contributed by atoms with Crippen LogP contribution in [0, 0.1) is 19.7 Å². The third kappa shape index (κ3) is 5.30. The number of aliphatic carboxylic acids is 1. The lowest BCUT2D eigenvalue weighted by atomic mass is 9.86. The highest BCUT2D eigenvalue weighted by atomic mass is 19.1. The van der Waals surface area contributed by atoms with Gasteiger partial charge in [0, 0.05) is 30.9 Å². The standard InChI is InChI=1S/C34H34FN3O3/c1-20-26(5-3-7-29(20)35)18-38-13-12-22-15-25(8-9-27(22)19-38)33-32(28(17-31(39)40)21(2)37-34(33)36)24-10-11-30-23(16-24)6-4-14-41-30/h3,5,7-11,15-16H,4,6,12-14,17-19H2,1-2H3,(H2,36,37)(H,39,40). The van der Waals surface area contributed by atoms with Crippen molar-refractivity contribution in [1.29, 1.82) is 0 Å². The molecule has 2 aliphatic heterocycles. The lowest BCUT2D eigenvalue weighted by Gasteiger charge is -2.30. The van der Waals surface area contributed by atoms with E-state index in [0.717, 1.165) is 71.5 Å². The minimum Gasteiger partial charge on any atom is -0.493 e. The SMILES string of the molecule is Cc1nc(N)c(-c2ccc3c(c2)CCN(Cc2cccc(F)c2C)C3)c(-c2ccc3c(c2)CCCO3)c1CC(=O)O. The fourth-order valence-corrected chi connectivity index (χ4v) is 6.22. The number of hydrogen-bond acceptors (Lipinski definition) is 5. The van der Waals surface area contributed by atoms with E-state index in [4.69, 9.17) is 10.5 Å². The number of fused-ring (bicyclic) bond motifs is 2. The van der Waals surface area contributed by atoms with Crippen molar-refractivity contribution >= 4 is 11.8 Å². The van der Waals surface area contributed by atoms with E-state index in [-0.39, 0.29) is 12.2 Å². The summed E-state index contributed by atoms with van der Waals surface area (Å²) in [6, 6.07) is 17.7. The number of nitrogens with two attached hydrogens (primary N) is 1. The number of nitrogen functional groups attached to an aromatic ring is 1. The second-order valence-corrected chi connectivity index (χ2v) is 11.1. The summed E-state index contributed by atoms with van der Waals surface area (Å²) in [5.41, 5.74) is 16.7. The van der Waals surface area contributed by atoms with Crippen molar-refractivity contribution in [3.8, 4) is 28.0 Å². The molecule has 0 aliphatic carbocycles. The van der Waals surface area contributed by atoms with Crippen LogP contribution in [-0.2, 0) is 37.1 Å². The van der Waals surface area contributed by atoms with Crippen LogP contribution in [0.1, 0.15) is 45.5 Å². The minimum absolute atomic E-state index is 0.144. The van der Waals surface area contributed by atoms with Crippen molar-refractivity contribution in [2.24, 2.45) is 0 Å². The van der Waals surface area contributed by atoms with E-state index in [2.05, 4.69) is 34.1 Å². The van der Waals surface area contributed by atoms with Crippen molar-refractivity contribution < 1.29 is 19.0 Å². The van der Waals surface area contributed by atoms with Gasteiger partial charge in [-0.25, -0.2) is 9.37 Å². The molecule has 7 heteroatoms. The highest BCUT2D eigenvalue weighted by molar-refractivity contribution is 5.94. The summed E-state index contributed by atoms with van der Waals surface area (Å²) in [5.74, 6) is 0.192. The first-order valence-corrected chi connectivity index (χ1v) is 14.1. The number of halogens is 1. The number of carboxylic acids is 1. The van der Waals surface area contributed by atoms with Crippen LogP contribution in [0.25, 0.3) is 22.3 Å². The largest absolute Gasteiger partial charge is 0.493 e. The van der Waals surface area contributed by atoms with Crippen molar-refractivity contribution in [2.75, 3.05) is 18.9 Å². The lowest BCUT2D eigenvalue weighted by Crippen LogP contribution is -2.30. The number of pyridine rings is 1. The molecular weight excluding hydrogens is 517 g/mol. The predicted molar refractivity (Wildman–Crippen MR) is 158 cm³/mol. The summed E-state index contributed by atoms with van der Waals surface area (Å²) in [4.78, 5) is 18.9. The summed E-state index contributed by atoms with van der Waals surface area (Å²) < 4.78 is 19.9. The number of rotatable bonds is 6. The first-order valence-electron chi connectivity index (χ1n) is 14.1. The zero-order chi connectivity index (χ0) is 28.7. The van der Waals surface area contributed by atoms with Crippen molar-refractivity contribution in [3.05, 3.63) is 99.5 Å². The lowest BCUT2D eigenvalue weighted by molar-refractivity contribution is -0.136. The molecule has 2 aliphatic rings. The molecule has 4 aromatic rings. The Hall–Kier alpha value is -4.23. The minimum atomic E-state index is -0.910. The van der Waals surface area contributed by atoms with E-state index < -0.39 is 5.97 Å². The number of ether oxygens (including phenoxy) is 1. The van der Waals surface area contributed by atoms with Crippen LogP contribution in [-0.4, -0.2) is 34.1 Å². The van der Waals surface area contributed by atoms with Gasteiger partial charge < -0.3 is 15.6 Å². The Balaban J connectivity index is 1.40. The number of hydrogen-bond donors (Lipinski definition) is 2. The van der Waals surface area contributed by atoms with Crippen LogP contribution in [0.3, 0.4) is 0 Å². The normalized spacial score (nSPS) is 14.7. The number of anilines is 1. The topological polar surface area (TPSA) is 88.7 Å². The molecule has 3 heterocycles. The number of aryl methyl sites for hydroxylation is 2. The van der Waals surface area contributed by atoms with Crippen molar-refractivity contribution in [3.63, 3.8) is 0 Å². The van der Waals surface area contributed by atoms with Gasteiger partial charge in [0.05, 0.1) is 13.0 Å². The van der Waals surface area contributed by atoms with E-state index in [1.165, 1.54) is 17.2 Å². The molecule has 0 fully saturated rings. The maximum atomic E-state index is 14.1. The predicted octanol–water partition coefficient (Wildman–Crippen LogP) is 6.26. The van der Waals surface area contributed by atoms with Gasteiger partial charge in [0.15, 0.2) is 0 Å². The fraction of sp³-hybridized carbons (Fsp3) is 0.294. The summed E-state index contributed by atoms with van der Waals surface area (Å²) in [6.45, 7) is 6.69. The molecule has 0 saturated carbocycles. The number of aromatic nitrogens is 1. The van der Waals surface area contributed by atoms with Crippen LogP contribution in [0.15, 0.2) is 54.6 Å². The zero-order valence-electron chi connectivity index (χ0n) is 23.5. The van der Waals surface area contributed by atoms with Gasteiger partial charge in [-0.05, 0) is 101 Å². The van der Waals surface area contributed by atoms with Gasteiger partial charge in [-0.1, -0.05) is 36.4 Å². The highest BCUT2D eigenvalue weighted by Gasteiger charge is 2.24. The highest BCUT2D eigenvalue weighted by Crippen LogP contribution is 2.42. The smallest absolute Gasteiger partial charge is 0.307 e. The molecule has 210 valence electrons. The maximum Gasteiger partial charge on any atom is 0.307 e. The van der Waals surface area contributed by atoms with Crippen molar-refractivity contribution in [1.82, 2.24) is 9.88 Å². The van der Waals surface area contributed by atoms with E-state index in [9.17, 15) is 14.3 Å². The molecule has 0 atom stereocenters. The molecule has 3 N–H and O–H groups in total. The Morgan fingerprint density at radius 2 is 1.80 bits per heavy atom. The van der Waals surface area contributed by atoms with Gasteiger partial charge in [-0.2, -0.15) is 0 Å². The molecule has 0 saturated heterocycles. The second kappa shape index (κ2) is 11.0. The molecule has 0 amide bonds. The fourth-order valence-electron chi connectivity index (χ4n) is 6.22. The molecule has 1 aromatic heterocycles. The van der Waals surface area contributed by atoms with Gasteiger partial charge in [0.25, 0.3) is 0 Å². The molecule has 3 aromatic carbocycles. The number of carbonyl (C=O) groups is 1. The summed E-state index contributed by atoms with van der Waals surface area (Å²) in [6.07, 6.45) is 2.57. The van der Waals surface area contributed by atoms with E-state index in [1.807, 2.05) is 32.0 Å². The average molecular weight is 552 g/mol. The zero-order valence-corrected chi connectivity index (χ0v) is 23.5. The Morgan fingerprint density at radius 3 is 2.63 bits per heavy atom. The first kappa shape index (κ1) is 27.0. The Bertz CT molecular complexity index is 1670. The van der Waals surface area contributed by atoms with Crippen molar-refractivity contribution in [2.45, 2.75) is 52.6 Å². The Labute approximate surface area is 239 Å². The first-order chi connectivity index (χ1) is 19.8. The van der Waals surface area contributed by atoms with E-state index >= 15 is 0 Å². The Kier molecular flexibility index (Phi) is 7.22. The Morgan fingerprint density at radius 1 is 1.02 bits per heavy atom. The van der Waals surface area contributed by atoms with Crippen LogP contribution < -0.4 is 10.5 Å². The molecule has 0 unspecified atom stereocenters. The molecule has 6 rings (SSSR count). The number of benzene rings is 3. The summed E-state index contributed by atoms with van der Waals surface area (Å²) >= 11 is 0. The molecule has 41 heavy (non-hydrogen) atoms. The third-order valence-corrected chi connectivity index (χ3v) is 8.42. The average Bonchev–Trinajstić information content (AvgIpc) is 2.96. The van der Waals surface area contributed by atoms with Crippen LogP contribution in [0.4, 0.5) is 10.2 Å². The van der Waals surface area contributed by atoms with E-state index in [1.54, 1.807) is 6.07 Å². The van der Waals surface area contributed by atoms with Gasteiger partial charge in [0.2, 0.25) is 0 Å². The van der Waals surface area contributed by atoms with Gasteiger partial charge in [0.1, 0.15) is 17.4 Å². The molecule has 6 nitrogen and oxygen atoms in total. The maximum absolute atomic E-state index is 14.1. The number of carboxylic acid groups (broad SMARTS) is 1.